The van der Waals surface area contributed by atoms with Crippen LogP contribution >= 0.6 is 0 Å². The summed E-state index contributed by atoms with van der Waals surface area (Å²) in [4.78, 5) is 11.9. The Hall–Kier alpha value is -1.91. The van der Waals surface area contributed by atoms with E-state index in [4.69, 9.17) is 14.2 Å². The van der Waals surface area contributed by atoms with Crippen LogP contribution in [0.4, 0.5) is 0 Å². The van der Waals surface area contributed by atoms with E-state index in [1.165, 1.54) is 0 Å². The van der Waals surface area contributed by atoms with Crippen LogP contribution in [0.5, 0.6) is 17.2 Å². The molecule has 0 atom stereocenters. The minimum atomic E-state index is -0.0359. The molecule has 0 bridgehead atoms. The second-order valence-electron chi connectivity index (χ2n) is 6.01. The summed E-state index contributed by atoms with van der Waals surface area (Å²) >= 11 is 0. The van der Waals surface area contributed by atoms with Gasteiger partial charge in [0.25, 0.3) is 0 Å². The zero-order valence-electron chi connectivity index (χ0n) is 13.7. The Morgan fingerprint density at radius 3 is 2.14 bits per heavy atom. The van der Waals surface area contributed by atoms with Crippen molar-refractivity contribution in [2.24, 2.45) is 5.41 Å². The van der Waals surface area contributed by atoms with Crippen LogP contribution in [0.2, 0.25) is 0 Å². The zero-order valence-corrected chi connectivity index (χ0v) is 13.7. The maximum atomic E-state index is 11.9. The number of ether oxygens (including phenoxy) is 3. The van der Waals surface area contributed by atoms with Crippen LogP contribution in [0.25, 0.3) is 0 Å². The quantitative estimate of drug-likeness (QED) is 0.876. The molecular formula is C16H25NO4. The van der Waals surface area contributed by atoms with Crippen molar-refractivity contribution in [3.8, 4) is 17.2 Å². The number of hydrogen-bond donors (Lipinski definition) is 1. The lowest BCUT2D eigenvalue weighted by Crippen LogP contribution is -2.27. The van der Waals surface area contributed by atoms with Crippen LogP contribution in [0.15, 0.2) is 12.1 Å². The van der Waals surface area contributed by atoms with Gasteiger partial charge in [0.15, 0.2) is 11.5 Å². The van der Waals surface area contributed by atoms with Crippen LogP contribution in [-0.2, 0) is 11.3 Å². The number of rotatable bonds is 6. The Labute approximate surface area is 126 Å². The zero-order chi connectivity index (χ0) is 16.0. The van der Waals surface area contributed by atoms with Crippen LogP contribution in [0.1, 0.15) is 32.8 Å². The first-order valence-electron chi connectivity index (χ1n) is 6.87. The maximum absolute atomic E-state index is 11.9. The Kier molecular flexibility index (Phi) is 5.88. The topological polar surface area (TPSA) is 56.8 Å². The lowest BCUT2D eigenvalue weighted by atomic mass is 9.92. The van der Waals surface area contributed by atoms with E-state index in [0.717, 1.165) is 5.56 Å². The fourth-order valence-corrected chi connectivity index (χ4v) is 2.04. The van der Waals surface area contributed by atoms with Gasteiger partial charge in [-0.1, -0.05) is 20.8 Å². The average molecular weight is 295 g/mol. The third-order valence-corrected chi connectivity index (χ3v) is 2.95. The first-order chi connectivity index (χ1) is 9.82. The van der Waals surface area contributed by atoms with Crippen molar-refractivity contribution in [1.82, 2.24) is 5.32 Å². The lowest BCUT2D eigenvalue weighted by molar-refractivity contribution is -0.122. The Morgan fingerprint density at radius 2 is 1.67 bits per heavy atom. The average Bonchev–Trinajstić information content (AvgIpc) is 2.41. The molecule has 0 aliphatic carbocycles. The van der Waals surface area contributed by atoms with E-state index in [9.17, 15) is 4.79 Å². The first kappa shape index (κ1) is 17.1. The molecule has 0 aliphatic heterocycles. The van der Waals surface area contributed by atoms with E-state index in [0.29, 0.717) is 30.2 Å². The molecule has 0 heterocycles. The Balaban J connectivity index is 2.87. The minimum Gasteiger partial charge on any atom is -0.493 e. The summed E-state index contributed by atoms with van der Waals surface area (Å²) in [6.45, 7) is 6.48. The summed E-state index contributed by atoms with van der Waals surface area (Å²) in [5.41, 5.74) is 0.809. The monoisotopic (exact) mass is 295 g/mol. The molecule has 21 heavy (non-hydrogen) atoms. The van der Waals surface area contributed by atoms with E-state index >= 15 is 0 Å². The van der Waals surface area contributed by atoms with Crippen LogP contribution in [-0.4, -0.2) is 27.2 Å². The highest BCUT2D eigenvalue weighted by molar-refractivity contribution is 5.76. The van der Waals surface area contributed by atoms with Crippen LogP contribution in [0.3, 0.4) is 0 Å². The van der Waals surface area contributed by atoms with Gasteiger partial charge in [0.1, 0.15) is 0 Å². The van der Waals surface area contributed by atoms with E-state index in [-0.39, 0.29) is 11.3 Å². The predicted molar refractivity (Wildman–Crippen MR) is 82.0 cm³/mol. The molecule has 0 aromatic heterocycles. The van der Waals surface area contributed by atoms with Gasteiger partial charge < -0.3 is 19.5 Å². The van der Waals surface area contributed by atoms with Crippen molar-refractivity contribution in [2.75, 3.05) is 21.3 Å². The summed E-state index contributed by atoms with van der Waals surface area (Å²) in [6, 6.07) is 3.66. The summed E-state index contributed by atoms with van der Waals surface area (Å²) in [5, 5.41) is 2.90. The van der Waals surface area contributed by atoms with Crippen molar-refractivity contribution in [3.05, 3.63) is 17.7 Å². The summed E-state index contributed by atoms with van der Waals surface area (Å²) in [7, 11) is 4.70. The number of carbonyl (C=O) groups is 1. The van der Waals surface area contributed by atoms with E-state index in [1.54, 1.807) is 27.4 Å². The highest BCUT2D eigenvalue weighted by Gasteiger charge is 2.18. The molecule has 5 heteroatoms. The van der Waals surface area contributed by atoms with Crippen molar-refractivity contribution in [1.29, 1.82) is 0 Å². The van der Waals surface area contributed by atoms with Crippen molar-refractivity contribution < 1.29 is 19.0 Å². The van der Waals surface area contributed by atoms with Crippen molar-refractivity contribution in [2.45, 2.75) is 33.7 Å². The van der Waals surface area contributed by atoms with Gasteiger partial charge in [0, 0.05) is 18.5 Å². The number of carbonyl (C=O) groups excluding carboxylic acids is 1. The molecule has 0 fully saturated rings. The van der Waals surface area contributed by atoms with Crippen molar-refractivity contribution >= 4 is 5.91 Å². The predicted octanol–water partition coefficient (Wildman–Crippen LogP) is 2.76. The smallest absolute Gasteiger partial charge is 0.220 e. The largest absolute Gasteiger partial charge is 0.493 e. The van der Waals surface area contributed by atoms with E-state index in [2.05, 4.69) is 5.32 Å². The SMILES string of the molecule is COc1ccc(CNC(=O)CC(C)(C)C)c(OC)c1OC. The third kappa shape index (κ3) is 4.85. The molecule has 0 radical (unpaired) electrons. The lowest BCUT2D eigenvalue weighted by Gasteiger charge is -2.19. The second-order valence-corrected chi connectivity index (χ2v) is 6.01. The van der Waals surface area contributed by atoms with Gasteiger partial charge >= 0.3 is 0 Å². The molecular weight excluding hydrogens is 270 g/mol. The normalized spacial score (nSPS) is 11.0. The van der Waals surface area contributed by atoms with Gasteiger partial charge in [-0.25, -0.2) is 0 Å². The number of nitrogens with one attached hydrogen (secondary N) is 1. The molecule has 0 saturated carbocycles. The van der Waals surface area contributed by atoms with Gasteiger partial charge in [0.2, 0.25) is 11.7 Å². The van der Waals surface area contributed by atoms with E-state index in [1.807, 2.05) is 26.8 Å². The summed E-state index contributed by atoms with van der Waals surface area (Å²) in [6.07, 6.45) is 0.475. The molecule has 1 N–H and O–H groups in total. The summed E-state index contributed by atoms with van der Waals surface area (Å²) < 4.78 is 15.9. The minimum absolute atomic E-state index is 0.0133. The molecule has 118 valence electrons. The highest BCUT2D eigenvalue weighted by Crippen LogP contribution is 2.39. The van der Waals surface area contributed by atoms with Crippen LogP contribution in [0, 0.1) is 5.41 Å². The van der Waals surface area contributed by atoms with Gasteiger partial charge in [-0.15, -0.1) is 0 Å². The Morgan fingerprint density at radius 1 is 1.05 bits per heavy atom. The molecule has 1 aromatic rings. The number of amides is 1. The van der Waals surface area contributed by atoms with Gasteiger partial charge in [-0.3, -0.25) is 4.79 Å². The number of hydrogen-bond acceptors (Lipinski definition) is 4. The van der Waals surface area contributed by atoms with E-state index < -0.39 is 0 Å². The molecule has 0 spiro atoms. The fourth-order valence-electron chi connectivity index (χ4n) is 2.04. The molecule has 0 aliphatic rings. The Bertz CT molecular complexity index is 492. The molecule has 1 amide bonds. The molecule has 1 aromatic carbocycles. The van der Waals surface area contributed by atoms with Crippen LogP contribution < -0.4 is 19.5 Å². The summed E-state index contributed by atoms with van der Waals surface area (Å²) in [5.74, 6) is 1.72. The molecule has 0 saturated heterocycles. The standard InChI is InChI=1S/C16H25NO4/c1-16(2,3)9-13(18)17-10-11-7-8-12(19-4)15(21-6)14(11)20-5/h7-8H,9-10H2,1-6H3,(H,17,18). The van der Waals surface area contributed by atoms with Gasteiger partial charge in [0.05, 0.1) is 21.3 Å². The molecule has 1 rings (SSSR count). The van der Waals surface area contributed by atoms with Gasteiger partial charge in [-0.05, 0) is 17.5 Å². The molecule has 5 nitrogen and oxygen atoms in total. The number of methoxy groups -OCH3 is 3. The maximum Gasteiger partial charge on any atom is 0.220 e. The first-order valence-corrected chi connectivity index (χ1v) is 6.87. The fraction of sp³-hybridized carbons (Fsp3) is 0.562. The van der Waals surface area contributed by atoms with Gasteiger partial charge in [-0.2, -0.15) is 0 Å². The third-order valence-electron chi connectivity index (χ3n) is 2.95. The second kappa shape index (κ2) is 7.20. The highest BCUT2D eigenvalue weighted by atomic mass is 16.5. The van der Waals surface area contributed by atoms with Crippen molar-refractivity contribution in [3.63, 3.8) is 0 Å². The number of benzene rings is 1. The molecule has 0 unspecified atom stereocenters.